The minimum Gasteiger partial charge on any atom is -0.512 e. The Labute approximate surface area is 349 Å². The maximum absolute atomic E-state index is 12.2. The van der Waals surface area contributed by atoms with E-state index < -0.39 is 0 Å². The third kappa shape index (κ3) is 9.61. The molecule has 5 heteroatoms. The molecule has 0 saturated heterocycles. The number of hydrogen-bond acceptors (Lipinski definition) is 4. The van der Waals surface area contributed by atoms with Crippen molar-refractivity contribution < 1.29 is 34.4 Å². The van der Waals surface area contributed by atoms with Gasteiger partial charge in [-0.05, 0) is 98.2 Å². The molecule has 6 aromatic rings. The molecule has 0 aliphatic heterocycles. The first-order valence-corrected chi connectivity index (χ1v) is 20.1. The number of aromatic nitrogens is 1. The Balaban J connectivity index is 0.000000330. The topological polar surface area (TPSA) is 63.3 Å². The normalized spacial score (nSPS) is 12.1. The van der Waals surface area contributed by atoms with E-state index in [9.17, 15) is 9.90 Å². The summed E-state index contributed by atoms with van der Waals surface area (Å²) in [6.45, 7) is 23.1. The number of aryl methyl sites for hydroxylation is 3. The number of nitrogens with zero attached hydrogens (tertiary/aromatic N) is 1. The number of benzene rings is 4. The van der Waals surface area contributed by atoms with Crippen LogP contribution in [-0.4, -0.2) is 15.9 Å². The summed E-state index contributed by atoms with van der Waals surface area (Å²) in [4.78, 5) is 17.2. The van der Waals surface area contributed by atoms with Crippen molar-refractivity contribution in [3.63, 3.8) is 0 Å². The van der Waals surface area contributed by atoms with Gasteiger partial charge in [-0.2, -0.15) is 0 Å². The fourth-order valence-corrected chi connectivity index (χ4v) is 7.45. The Morgan fingerprint density at radius 2 is 1.38 bits per heavy atom. The summed E-state index contributed by atoms with van der Waals surface area (Å²) >= 11 is 0. The van der Waals surface area contributed by atoms with Crippen LogP contribution < -0.4 is 0 Å². The molecule has 1 N–H and O–H groups in total. The van der Waals surface area contributed by atoms with Crippen LogP contribution in [0.5, 0.6) is 0 Å². The SMILES string of the molecule is CCC(C)(CC)C(=O)/C=C(\O)C(C)(CC)CC.Cc1cc2c(-c3c(C)cc(CC(C)C)cc3C)cc(-c3[c-]c4ccccc4c(-c4ccccc4)c3)nc2o1.[Ir]. The molecule has 4 aromatic carbocycles. The number of rotatable bonds is 12. The summed E-state index contributed by atoms with van der Waals surface area (Å²) in [6.07, 6.45) is 5.84. The van der Waals surface area contributed by atoms with E-state index in [1.165, 1.54) is 44.8 Å². The number of aliphatic hydroxyl groups excluding tert-OH is 1. The van der Waals surface area contributed by atoms with Crippen LogP contribution in [0, 0.1) is 43.6 Å². The second-order valence-corrected chi connectivity index (χ2v) is 16.3. The number of carbonyl (C=O) groups excluding carboxylic acids is 1. The first-order valence-electron chi connectivity index (χ1n) is 20.1. The minimum absolute atomic E-state index is 0. The van der Waals surface area contributed by atoms with Crippen LogP contribution in [0.4, 0.5) is 0 Å². The Hall–Kier alpha value is -4.31. The standard InChI is InChI=1S/C36H32NO.C15H28O2.Ir/c1-22(2)15-26-16-23(3)35(24(4)17-26)32-21-34(37-36-33(32)18-25(5)38-36)29-19-28-13-9-10-14-30(28)31(20-29)27-11-7-6-8-12-27;1-7-14(5,8-2)12(16)11-13(17)15(6,9-3)10-4;/h6-14,16-18,20-22H,15H2,1-5H3;11,16H,7-10H2,1-6H3;/q-1;;/b;12-11-;. The molecule has 0 bridgehead atoms. The Morgan fingerprint density at radius 1 is 0.786 bits per heavy atom. The van der Waals surface area contributed by atoms with Gasteiger partial charge >= 0.3 is 0 Å². The Morgan fingerprint density at radius 3 is 1.96 bits per heavy atom. The molecular formula is C51H60IrNO3-. The van der Waals surface area contributed by atoms with Crippen LogP contribution in [0.3, 0.4) is 0 Å². The van der Waals surface area contributed by atoms with Crippen LogP contribution in [0.2, 0.25) is 0 Å². The zero-order chi connectivity index (χ0) is 40.1. The third-order valence-electron chi connectivity index (χ3n) is 11.9. The van der Waals surface area contributed by atoms with Gasteiger partial charge in [-0.3, -0.25) is 9.78 Å². The molecule has 0 aliphatic rings. The quantitative estimate of drug-likeness (QED) is 0.0754. The van der Waals surface area contributed by atoms with Crippen LogP contribution in [0.1, 0.15) is 104 Å². The molecule has 6 rings (SSSR count). The molecule has 0 unspecified atom stereocenters. The minimum atomic E-state index is -0.337. The van der Waals surface area contributed by atoms with Crippen LogP contribution in [0.15, 0.2) is 101 Å². The average molecular weight is 927 g/mol. The van der Waals surface area contributed by atoms with Gasteiger partial charge in [-0.1, -0.05) is 139 Å². The zero-order valence-corrected chi connectivity index (χ0v) is 37.7. The Bertz CT molecular complexity index is 2280. The molecule has 2 aromatic heterocycles. The molecular weight excluding hydrogens is 867 g/mol. The van der Waals surface area contributed by atoms with Crippen LogP contribution >= 0.6 is 0 Å². The second kappa shape index (κ2) is 18.8. The predicted molar refractivity (Wildman–Crippen MR) is 233 cm³/mol. The van der Waals surface area contributed by atoms with Crippen molar-refractivity contribution in [2.75, 3.05) is 0 Å². The van der Waals surface area contributed by atoms with Crippen molar-refractivity contribution in [1.29, 1.82) is 0 Å². The molecule has 0 amide bonds. The summed E-state index contributed by atoms with van der Waals surface area (Å²) in [6, 6.07) is 33.9. The zero-order valence-electron chi connectivity index (χ0n) is 35.3. The molecule has 4 nitrogen and oxygen atoms in total. The molecule has 0 atom stereocenters. The van der Waals surface area contributed by atoms with Gasteiger partial charge in [-0.25, -0.2) is 0 Å². The molecule has 0 spiro atoms. The summed E-state index contributed by atoms with van der Waals surface area (Å²) in [5.74, 6) is 1.77. The maximum Gasteiger partial charge on any atom is 0.219 e. The number of pyridine rings is 1. The average Bonchev–Trinajstić information content (AvgIpc) is 3.56. The number of carbonyl (C=O) groups is 1. The molecule has 56 heavy (non-hydrogen) atoms. The van der Waals surface area contributed by atoms with Crippen molar-refractivity contribution in [1.82, 2.24) is 4.98 Å². The molecule has 0 saturated carbocycles. The number of hydrogen-bond donors (Lipinski definition) is 1. The van der Waals surface area contributed by atoms with Gasteiger partial charge in [0.2, 0.25) is 5.71 Å². The van der Waals surface area contributed by atoms with Gasteiger partial charge in [0.15, 0.2) is 5.78 Å². The van der Waals surface area contributed by atoms with Gasteiger partial charge in [0.25, 0.3) is 0 Å². The smallest absolute Gasteiger partial charge is 0.219 e. The third-order valence-corrected chi connectivity index (χ3v) is 11.9. The fourth-order valence-electron chi connectivity index (χ4n) is 7.45. The number of allylic oxidation sites excluding steroid dienone is 2. The number of ketones is 1. The number of furan rings is 1. The van der Waals surface area contributed by atoms with E-state index in [1.54, 1.807) is 0 Å². The van der Waals surface area contributed by atoms with E-state index >= 15 is 0 Å². The van der Waals surface area contributed by atoms with Crippen molar-refractivity contribution in [2.45, 2.75) is 108 Å². The van der Waals surface area contributed by atoms with Gasteiger partial charge in [-0.15, -0.1) is 23.6 Å². The van der Waals surface area contributed by atoms with Crippen molar-refractivity contribution in [3.8, 4) is 33.5 Å². The first-order chi connectivity index (χ1) is 26.2. The summed E-state index contributed by atoms with van der Waals surface area (Å²) in [5, 5.41) is 13.4. The van der Waals surface area contributed by atoms with E-state index in [4.69, 9.17) is 9.40 Å². The van der Waals surface area contributed by atoms with E-state index in [2.05, 4.69) is 119 Å². The van der Waals surface area contributed by atoms with Crippen molar-refractivity contribution >= 4 is 27.7 Å². The predicted octanol–water partition coefficient (Wildman–Crippen LogP) is 14.6. The van der Waals surface area contributed by atoms with E-state index in [0.717, 1.165) is 65.5 Å². The Kier molecular flexibility index (Phi) is 14.9. The molecule has 0 aliphatic carbocycles. The van der Waals surface area contributed by atoms with Gasteiger partial charge < -0.3 is 9.52 Å². The summed E-state index contributed by atoms with van der Waals surface area (Å²) in [7, 11) is 0. The molecule has 297 valence electrons. The summed E-state index contributed by atoms with van der Waals surface area (Å²) in [5.41, 5.74) is 10.6. The molecule has 0 fully saturated rings. The van der Waals surface area contributed by atoms with Gasteiger partial charge in [0.1, 0.15) is 11.5 Å². The van der Waals surface area contributed by atoms with E-state index in [-0.39, 0.29) is 42.5 Å². The van der Waals surface area contributed by atoms with Gasteiger partial charge in [0.05, 0.1) is 0 Å². The monoisotopic (exact) mass is 927 g/mol. The fraction of sp³-hybridized carbons (Fsp3) is 0.373. The maximum atomic E-state index is 12.2. The largest absolute Gasteiger partial charge is 0.512 e. The van der Waals surface area contributed by atoms with Crippen molar-refractivity contribution in [3.05, 3.63) is 125 Å². The van der Waals surface area contributed by atoms with E-state index in [1.807, 2.05) is 48.5 Å². The van der Waals surface area contributed by atoms with Crippen LogP contribution in [0.25, 0.3) is 55.4 Å². The number of fused-ring (bicyclic) bond motifs is 2. The van der Waals surface area contributed by atoms with Crippen molar-refractivity contribution in [2.24, 2.45) is 16.7 Å². The number of aliphatic hydroxyl groups is 1. The first kappa shape index (κ1) is 44.4. The summed E-state index contributed by atoms with van der Waals surface area (Å²) < 4.78 is 6.13. The van der Waals surface area contributed by atoms with Gasteiger partial charge in [0, 0.05) is 48.1 Å². The molecule has 2 heterocycles. The second-order valence-electron chi connectivity index (χ2n) is 16.3. The van der Waals surface area contributed by atoms with Crippen LogP contribution in [-0.2, 0) is 31.3 Å². The molecule has 1 radical (unpaired) electrons. The van der Waals surface area contributed by atoms with E-state index in [0.29, 0.717) is 11.6 Å².